The van der Waals surface area contributed by atoms with Crippen LogP contribution in [-0.2, 0) is 0 Å². The fraction of sp³-hybridized carbons (Fsp3) is 0.143. The zero-order chi connectivity index (χ0) is 9.14. The molecule has 0 aliphatic rings. The first-order valence-electron chi connectivity index (χ1n) is 3.08. The van der Waals surface area contributed by atoms with E-state index in [2.05, 4.69) is 9.72 Å². The minimum Gasteiger partial charge on any atom is -0.491 e. The van der Waals surface area contributed by atoms with Crippen LogP contribution >= 0.6 is 0 Å². The standard InChI is InChI=1S/C7H6FNO3/c1-12-6-4(8)2-3-9-5(6)7(10)11/h2-3H,1H3,(H,10,11). The molecule has 0 spiro atoms. The van der Waals surface area contributed by atoms with E-state index in [1.165, 1.54) is 7.11 Å². The Labute approximate surface area is 67.6 Å². The second kappa shape index (κ2) is 3.17. The van der Waals surface area contributed by atoms with Crippen molar-refractivity contribution in [1.29, 1.82) is 0 Å². The van der Waals surface area contributed by atoms with E-state index in [9.17, 15) is 9.18 Å². The molecule has 0 aliphatic heterocycles. The molecule has 1 aromatic rings. The number of aromatic carboxylic acids is 1. The predicted octanol–water partition coefficient (Wildman–Crippen LogP) is 0.927. The van der Waals surface area contributed by atoms with Gasteiger partial charge in [-0.1, -0.05) is 0 Å². The lowest BCUT2D eigenvalue weighted by atomic mass is 10.3. The van der Waals surface area contributed by atoms with Gasteiger partial charge in [0.25, 0.3) is 0 Å². The van der Waals surface area contributed by atoms with Crippen molar-refractivity contribution in [3.63, 3.8) is 0 Å². The first-order chi connectivity index (χ1) is 5.66. The normalized spacial score (nSPS) is 9.50. The van der Waals surface area contributed by atoms with Crippen LogP contribution in [0.3, 0.4) is 0 Å². The average molecular weight is 171 g/mol. The highest BCUT2D eigenvalue weighted by Gasteiger charge is 2.15. The molecule has 5 heteroatoms. The molecule has 0 radical (unpaired) electrons. The predicted molar refractivity (Wildman–Crippen MR) is 37.7 cm³/mol. The number of nitrogens with zero attached hydrogens (tertiary/aromatic N) is 1. The van der Waals surface area contributed by atoms with Gasteiger partial charge in [0.2, 0.25) is 0 Å². The second-order valence-electron chi connectivity index (χ2n) is 1.98. The minimum atomic E-state index is -1.31. The number of hydrogen-bond donors (Lipinski definition) is 1. The van der Waals surface area contributed by atoms with Crippen LogP contribution in [0.5, 0.6) is 5.75 Å². The number of pyridine rings is 1. The summed E-state index contributed by atoms with van der Waals surface area (Å²) in [5.41, 5.74) is -0.419. The summed E-state index contributed by atoms with van der Waals surface area (Å²) < 4.78 is 17.3. The number of carbonyl (C=O) groups is 1. The van der Waals surface area contributed by atoms with Crippen LogP contribution in [0, 0.1) is 5.82 Å². The van der Waals surface area contributed by atoms with Gasteiger partial charge in [0, 0.05) is 6.20 Å². The molecule has 1 rings (SSSR count). The second-order valence-corrected chi connectivity index (χ2v) is 1.98. The van der Waals surface area contributed by atoms with Crippen LogP contribution < -0.4 is 4.74 Å². The van der Waals surface area contributed by atoms with E-state index in [1.807, 2.05) is 0 Å². The largest absolute Gasteiger partial charge is 0.491 e. The van der Waals surface area contributed by atoms with Crippen LogP contribution in [0.2, 0.25) is 0 Å². The van der Waals surface area contributed by atoms with Crippen molar-refractivity contribution in [1.82, 2.24) is 4.98 Å². The SMILES string of the molecule is COc1c(F)ccnc1C(=O)O. The van der Waals surface area contributed by atoms with Gasteiger partial charge >= 0.3 is 5.97 Å². The quantitative estimate of drug-likeness (QED) is 0.718. The van der Waals surface area contributed by atoms with Gasteiger partial charge < -0.3 is 9.84 Å². The lowest BCUT2D eigenvalue weighted by Crippen LogP contribution is -2.04. The van der Waals surface area contributed by atoms with Crippen molar-refractivity contribution in [3.05, 3.63) is 23.8 Å². The molecule has 0 saturated heterocycles. The van der Waals surface area contributed by atoms with Crippen molar-refractivity contribution in [2.75, 3.05) is 7.11 Å². The molecule has 12 heavy (non-hydrogen) atoms. The van der Waals surface area contributed by atoms with Crippen molar-refractivity contribution >= 4 is 5.97 Å². The van der Waals surface area contributed by atoms with Gasteiger partial charge in [-0.2, -0.15) is 0 Å². The molecule has 1 heterocycles. The van der Waals surface area contributed by atoms with Gasteiger partial charge in [-0.15, -0.1) is 0 Å². The zero-order valence-electron chi connectivity index (χ0n) is 6.24. The molecule has 0 fully saturated rings. The maximum absolute atomic E-state index is 12.8. The number of aromatic nitrogens is 1. The van der Waals surface area contributed by atoms with Gasteiger partial charge in [0.15, 0.2) is 17.3 Å². The first kappa shape index (κ1) is 8.45. The molecule has 0 saturated carbocycles. The van der Waals surface area contributed by atoms with Crippen molar-refractivity contribution < 1.29 is 19.0 Å². The molecule has 1 aromatic heterocycles. The molecule has 0 aliphatic carbocycles. The van der Waals surface area contributed by atoms with Gasteiger partial charge in [-0.3, -0.25) is 0 Å². The number of hydrogen-bond acceptors (Lipinski definition) is 3. The van der Waals surface area contributed by atoms with Gasteiger partial charge in [0.1, 0.15) is 0 Å². The van der Waals surface area contributed by atoms with Crippen LogP contribution in [0.4, 0.5) is 4.39 Å². The molecular weight excluding hydrogens is 165 g/mol. The summed E-state index contributed by atoms with van der Waals surface area (Å²) in [5.74, 6) is -2.39. The van der Waals surface area contributed by atoms with Crippen molar-refractivity contribution in [2.45, 2.75) is 0 Å². The number of rotatable bonds is 2. The molecule has 0 atom stereocenters. The third kappa shape index (κ3) is 1.34. The monoisotopic (exact) mass is 171 g/mol. The maximum Gasteiger partial charge on any atom is 0.358 e. The Bertz CT molecular complexity index is 314. The number of halogens is 1. The van der Waals surface area contributed by atoms with Gasteiger partial charge in [-0.05, 0) is 6.07 Å². The van der Waals surface area contributed by atoms with E-state index in [-0.39, 0.29) is 5.75 Å². The summed E-state index contributed by atoms with van der Waals surface area (Å²) >= 11 is 0. The van der Waals surface area contributed by atoms with Crippen LogP contribution in [0.25, 0.3) is 0 Å². The topological polar surface area (TPSA) is 59.4 Å². The number of methoxy groups -OCH3 is 1. The third-order valence-electron chi connectivity index (χ3n) is 1.26. The fourth-order valence-corrected chi connectivity index (χ4v) is 0.771. The van der Waals surface area contributed by atoms with E-state index in [4.69, 9.17) is 5.11 Å². The van der Waals surface area contributed by atoms with E-state index in [0.29, 0.717) is 0 Å². The third-order valence-corrected chi connectivity index (χ3v) is 1.26. The molecule has 64 valence electrons. The van der Waals surface area contributed by atoms with Crippen LogP contribution in [0.1, 0.15) is 10.5 Å². The summed E-state index contributed by atoms with van der Waals surface area (Å²) in [7, 11) is 1.19. The molecule has 0 aromatic carbocycles. The smallest absolute Gasteiger partial charge is 0.358 e. The molecule has 0 bridgehead atoms. The fourth-order valence-electron chi connectivity index (χ4n) is 0.771. The van der Waals surface area contributed by atoms with Gasteiger partial charge in [-0.25, -0.2) is 14.2 Å². The van der Waals surface area contributed by atoms with E-state index in [0.717, 1.165) is 12.3 Å². The molecule has 0 unspecified atom stereocenters. The van der Waals surface area contributed by atoms with Crippen molar-refractivity contribution in [3.8, 4) is 5.75 Å². The Kier molecular flexibility index (Phi) is 2.23. The summed E-state index contributed by atoms with van der Waals surface area (Å²) in [5, 5.41) is 8.51. The Morgan fingerprint density at radius 2 is 2.42 bits per heavy atom. The van der Waals surface area contributed by atoms with E-state index >= 15 is 0 Å². The molecule has 0 amide bonds. The molecule has 4 nitrogen and oxygen atoms in total. The van der Waals surface area contributed by atoms with E-state index in [1.54, 1.807) is 0 Å². The van der Waals surface area contributed by atoms with Gasteiger partial charge in [0.05, 0.1) is 7.11 Å². The van der Waals surface area contributed by atoms with Crippen LogP contribution in [-0.4, -0.2) is 23.2 Å². The Morgan fingerprint density at radius 3 is 2.83 bits per heavy atom. The minimum absolute atomic E-state index is 0.343. The van der Waals surface area contributed by atoms with Crippen molar-refractivity contribution in [2.24, 2.45) is 0 Å². The molecule has 1 N–H and O–H groups in total. The summed E-state index contributed by atoms with van der Waals surface area (Å²) in [6.07, 6.45) is 1.07. The lowest BCUT2D eigenvalue weighted by Gasteiger charge is -2.03. The highest BCUT2D eigenvalue weighted by atomic mass is 19.1. The Hall–Kier alpha value is -1.65. The summed E-state index contributed by atoms with van der Waals surface area (Å²) in [4.78, 5) is 13.9. The zero-order valence-corrected chi connectivity index (χ0v) is 6.24. The number of ether oxygens (including phenoxy) is 1. The average Bonchev–Trinajstić information content (AvgIpc) is 2.03. The lowest BCUT2D eigenvalue weighted by molar-refractivity contribution is 0.0685. The highest BCUT2D eigenvalue weighted by Crippen LogP contribution is 2.19. The Morgan fingerprint density at radius 1 is 1.75 bits per heavy atom. The van der Waals surface area contributed by atoms with Crippen LogP contribution in [0.15, 0.2) is 12.3 Å². The highest BCUT2D eigenvalue weighted by molar-refractivity contribution is 5.88. The molecular formula is C7H6FNO3. The Balaban J connectivity index is 3.27. The summed E-state index contributed by atoms with van der Waals surface area (Å²) in [6, 6.07) is 1.03. The van der Waals surface area contributed by atoms with E-state index < -0.39 is 17.5 Å². The first-order valence-corrected chi connectivity index (χ1v) is 3.08. The summed E-state index contributed by atoms with van der Waals surface area (Å²) in [6.45, 7) is 0. The number of carboxylic acid groups (broad SMARTS) is 1. The maximum atomic E-state index is 12.8. The number of carboxylic acids is 1.